The number of hydrogen-bond acceptors (Lipinski definition) is 4. The lowest BCUT2D eigenvalue weighted by Crippen LogP contribution is -2.32. The van der Waals surface area contributed by atoms with E-state index in [9.17, 15) is 23.7 Å². The fourth-order valence-corrected chi connectivity index (χ4v) is 2.68. The van der Waals surface area contributed by atoms with E-state index in [1.165, 1.54) is 12.1 Å². The molecule has 0 radical (unpaired) electrons. The largest absolute Gasteiger partial charge is 0.319 e. The third-order valence-electron chi connectivity index (χ3n) is 4.66. The zero-order chi connectivity index (χ0) is 20.3. The molecule has 27 heavy (non-hydrogen) atoms. The smallest absolute Gasteiger partial charge is 0.293 e. The molecule has 2 aromatic rings. The molecule has 0 aliphatic carbocycles. The number of rotatable bonds is 6. The summed E-state index contributed by atoms with van der Waals surface area (Å²) in [6.07, 6.45) is 0. The van der Waals surface area contributed by atoms with Crippen LogP contribution >= 0.6 is 0 Å². The molecule has 0 bridgehead atoms. The molecular formula is C19H21F2N3O3. The van der Waals surface area contributed by atoms with Crippen LogP contribution < -0.4 is 5.32 Å². The van der Waals surface area contributed by atoms with Crippen molar-refractivity contribution in [3.63, 3.8) is 0 Å². The molecule has 0 saturated carbocycles. The molecule has 8 heteroatoms. The number of likely N-dealkylation sites (N-methyl/N-ethyl adjacent to an activating group) is 1. The summed E-state index contributed by atoms with van der Waals surface area (Å²) in [7, 11) is 1.66. The van der Waals surface area contributed by atoms with Crippen LogP contribution in [0.25, 0.3) is 0 Å². The Balaban J connectivity index is 2.14. The molecule has 1 atom stereocenters. The van der Waals surface area contributed by atoms with Gasteiger partial charge in [-0.1, -0.05) is 12.1 Å². The first-order valence-electron chi connectivity index (χ1n) is 8.31. The molecule has 1 unspecified atom stereocenters. The lowest BCUT2D eigenvalue weighted by Gasteiger charge is -2.24. The summed E-state index contributed by atoms with van der Waals surface area (Å²) in [5.74, 6) is -2.33. The Morgan fingerprint density at radius 1 is 1.22 bits per heavy atom. The number of halogens is 2. The van der Waals surface area contributed by atoms with Crippen LogP contribution in [0.3, 0.4) is 0 Å². The minimum atomic E-state index is -0.955. The van der Waals surface area contributed by atoms with Gasteiger partial charge in [-0.2, -0.15) is 0 Å². The van der Waals surface area contributed by atoms with Gasteiger partial charge in [0.05, 0.1) is 11.5 Å². The summed E-state index contributed by atoms with van der Waals surface area (Å²) in [5.41, 5.74) is 1.94. The highest BCUT2D eigenvalue weighted by atomic mass is 19.2. The van der Waals surface area contributed by atoms with Crippen molar-refractivity contribution in [1.82, 2.24) is 4.90 Å². The van der Waals surface area contributed by atoms with Gasteiger partial charge < -0.3 is 5.32 Å². The van der Waals surface area contributed by atoms with E-state index in [1.807, 2.05) is 0 Å². The van der Waals surface area contributed by atoms with Crippen molar-refractivity contribution >= 4 is 17.3 Å². The van der Waals surface area contributed by atoms with Crippen molar-refractivity contribution in [3.05, 3.63) is 68.8 Å². The molecule has 0 aromatic heterocycles. The maximum atomic E-state index is 13.4. The Morgan fingerprint density at radius 2 is 1.89 bits per heavy atom. The number of nitrogens with zero attached hydrogens (tertiary/aromatic N) is 2. The zero-order valence-corrected chi connectivity index (χ0v) is 15.5. The maximum absolute atomic E-state index is 13.4. The number of nitrogens with one attached hydrogen (secondary N) is 1. The monoisotopic (exact) mass is 377 g/mol. The highest BCUT2D eigenvalue weighted by Gasteiger charge is 2.21. The average Bonchev–Trinajstić information content (AvgIpc) is 2.60. The molecule has 0 spiro atoms. The Bertz CT molecular complexity index is 887. The third-order valence-corrected chi connectivity index (χ3v) is 4.66. The number of nitro benzene ring substituents is 1. The zero-order valence-electron chi connectivity index (χ0n) is 15.5. The Hall–Kier alpha value is -2.87. The quantitative estimate of drug-likeness (QED) is 0.607. The standard InChI is InChI=1S/C19H21F2N3O3/c1-11-5-8-17(24(26)27)19(12(11)2)22-18(25)10-23(4)13(3)14-6-7-15(20)16(21)9-14/h5-9,13H,10H2,1-4H3,(H,22,25). The molecule has 1 amide bonds. The van der Waals surface area contributed by atoms with Gasteiger partial charge in [0.15, 0.2) is 11.6 Å². The second kappa shape index (κ2) is 8.22. The van der Waals surface area contributed by atoms with E-state index >= 15 is 0 Å². The van der Waals surface area contributed by atoms with Gasteiger partial charge in [-0.3, -0.25) is 19.8 Å². The number of aryl methyl sites for hydroxylation is 1. The van der Waals surface area contributed by atoms with E-state index in [0.29, 0.717) is 11.1 Å². The molecular weight excluding hydrogens is 356 g/mol. The Labute approximate surface area is 155 Å². The first kappa shape index (κ1) is 20.4. The van der Waals surface area contributed by atoms with Gasteiger partial charge in [-0.25, -0.2) is 8.78 Å². The maximum Gasteiger partial charge on any atom is 0.293 e. The molecule has 144 valence electrons. The molecule has 2 rings (SSSR count). The third kappa shape index (κ3) is 4.65. The summed E-state index contributed by atoms with van der Waals surface area (Å²) in [4.78, 5) is 24.7. The first-order chi connectivity index (χ1) is 12.6. The van der Waals surface area contributed by atoms with Crippen molar-refractivity contribution in [1.29, 1.82) is 0 Å². The topological polar surface area (TPSA) is 75.5 Å². The van der Waals surface area contributed by atoms with Gasteiger partial charge in [0, 0.05) is 12.1 Å². The van der Waals surface area contributed by atoms with Crippen molar-refractivity contribution in [2.75, 3.05) is 18.9 Å². The lowest BCUT2D eigenvalue weighted by molar-refractivity contribution is -0.384. The van der Waals surface area contributed by atoms with E-state index in [2.05, 4.69) is 5.32 Å². The minimum absolute atomic E-state index is 0.0787. The first-order valence-corrected chi connectivity index (χ1v) is 8.31. The van der Waals surface area contributed by atoms with Crippen LogP contribution in [0.5, 0.6) is 0 Å². The lowest BCUT2D eigenvalue weighted by atomic mass is 10.1. The van der Waals surface area contributed by atoms with Crippen LogP contribution in [0.15, 0.2) is 30.3 Å². The molecule has 2 aromatic carbocycles. The van der Waals surface area contributed by atoms with Crippen LogP contribution in [0, 0.1) is 35.6 Å². The number of amides is 1. The molecule has 0 heterocycles. The van der Waals surface area contributed by atoms with Crippen LogP contribution in [0.4, 0.5) is 20.2 Å². The van der Waals surface area contributed by atoms with E-state index in [1.54, 1.807) is 38.8 Å². The summed E-state index contributed by atoms with van der Waals surface area (Å²) in [6, 6.07) is 6.19. The molecule has 1 N–H and O–H groups in total. The van der Waals surface area contributed by atoms with Crippen LogP contribution in [-0.2, 0) is 4.79 Å². The normalized spacial score (nSPS) is 12.1. The van der Waals surface area contributed by atoms with Crippen molar-refractivity contribution in [3.8, 4) is 0 Å². The van der Waals surface area contributed by atoms with E-state index in [0.717, 1.165) is 17.7 Å². The highest BCUT2D eigenvalue weighted by Crippen LogP contribution is 2.30. The highest BCUT2D eigenvalue weighted by molar-refractivity contribution is 5.95. The number of carbonyl (C=O) groups excluding carboxylic acids is 1. The minimum Gasteiger partial charge on any atom is -0.319 e. The van der Waals surface area contributed by atoms with Crippen molar-refractivity contribution in [2.24, 2.45) is 0 Å². The average molecular weight is 377 g/mol. The predicted octanol–water partition coefficient (Wildman–Crippen LogP) is 4.12. The number of anilines is 1. The predicted molar refractivity (Wildman–Crippen MR) is 98.6 cm³/mol. The molecule has 0 fully saturated rings. The fourth-order valence-electron chi connectivity index (χ4n) is 2.68. The van der Waals surface area contributed by atoms with Gasteiger partial charge in [-0.15, -0.1) is 0 Å². The van der Waals surface area contributed by atoms with Crippen LogP contribution in [-0.4, -0.2) is 29.3 Å². The molecule has 0 aliphatic heterocycles. The Kier molecular flexibility index (Phi) is 6.22. The number of benzene rings is 2. The van der Waals surface area contributed by atoms with Crippen LogP contribution in [0.1, 0.15) is 29.7 Å². The molecule has 6 nitrogen and oxygen atoms in total. The van der Waals surface area contributed by atoms with Crippen LogP contribution in [0.2, 0.25) is 0 Å². The second-order valence-corrected chi connectivity index (χ2v) is 6.47. The van der Waals surface area contributed by atoms with Crippen molar-refractivity contribution < 1.29 is 18.5 Å². The fraction of sp³-hybridized carbons (Fsp3) is 0.316. The number of carbonyl (C=O) groups is 1. The summed E-state index contributed by atoms with van der Waals surface area (Å²) in [5, 5.41) is 13.8. The van der Waals surface area contributed by atoms with Gasteiger partial charge in [0.25, 0.3) is 5.69 Å². The Morgan fingerprint density at radius 3 is 2.48 bits per heavy atom. The van der Waals surface area contributed by atoms with Gasteiger partial charge in [0.2, 0.25) is 5.91 Å². The van der Waals surface area contributed by atoms with Gasteiger partial charge in [-0.05, 0) is 56.6 Å². The molecule has 0 saturated heterocycles. The van der Waals surface area contributed by atoms with Crippen molar-refractivity contribution in [2.45, 2.75) is 26.8 Å². The summed E-state index contributed by atoms with van der Waals surface area (Å²) >= 11 is 0. The molecule has 0 aliphatic rings. The summed E-state index contributed by atoms with van der Waals surface area (Å²) in [6.45, 7) is 5.17. The van der Waals surface area contributed by atoms with E-state index < -0.39 is 22.5 Å². The number of nitro groups is 1. The van der Waals surface area contributed by atoms with E-state index in [4.69, 9.17) is 0 Å². The second-order valence-electron chi connectivity index (χ2n) is 6.47. The van der Waals surface area contributed by atoms with E-state index in [-0.39, 0.29) is 24.0 Å². The SMILES string of the molecule is Cc1ccc([N+](=O)[O-])c(NC(=O)CN(C)C(C)c2ccc(F)c(F)c2)c1C. The summed E-state index contributed by atoms with van der Waals surface area (Å²) < 4.78 is 26.5. The van der Waals surface area contributed by atoms with Gasteiger partial charge >= 0.3 is 0 Å². The number of hydrogen-bond donors (Lipinski definition) is 1. The van der Waals surface area contributed by atoms with Gasteiger partial charge in [0.1, 0.15) is 5.69 Å².